The van der Waals surface area contributed by atoms with Gasteiger partial charge in [0.2, 0.25) is 0 Å². The van der Waals surface area contributed by atoms with Gasteiger partial charge in [-0.3, -0.25) is 0 Å². The zero-order chi connectivity index (χ0) is 6.57. The summed E-state index contributed by atoms with van der Waals surface area (Å²) in [6.45, 7) is 3.20. The van der Waals surface area contributed by atoms with Crippen LogP contribution < -0.4 is 5.73 Å². The van der Waals surface area contributed by atoms with Gasteiger partial charge in [0.1, 0.15) is 4.32 Å². The number of halogens is 1. The second kappa shape index (κ2) is 3.86. The van der Waals surface area contributed by atoms with E-state index in [0.29, 0.717) is 0 Å². The number of thioether (sulfide) groups is 1. The lowest BCUT2D eigenvalue weighted by Gasteiger charge is -1.96. The first kappa shape index (κ1) is 7.91. The van der Waals surface area contributed by atoms with Crippen LogP contribution >= 0.6 is 24.0 Å². The Bertz CT molecular complexity index is 104. The molecule has 0 aromatic carbocycles. The molecule has 1 nitrogen and oxygen atoms in total. The van der Waals surface area contributed by atoms with E-state index in [0.717, 1.165) is 17.8 Å². The third-order valence-corrected chi connectivity index (χ3v) is 1.35. The fraction of sp³-hybridized carbons (Fsp3) is 0.250. The van der Waals surface area contributed by atoms with Gasteiger partial charge in [-0.15, -0.1) is 0 Å². The third kappa shape index (κ3) is 4.08. The van der Waals surface area contributed by atoms with Gasteiger partial charge in [-0.25, -0.2) is 4.39 Å². The summed E-state index contributed by atoms with van der Waals surface area (Å²) in [6.07, 6.45) is 1.14. The van der Waals surface area contributed by atoms with Crippen LogP contribution in [0.25, 0.3) is 0 Å². The second-order valence-corrected chi connectivity index (χ2v) is 2.85. The Kier molecular flexibility index (Phi) is 3.81. The molecule has 1 unspecified atom stereocenters. The molecule has 0 aliphatic rings. The molecule has 0 aliphatic carbocycles. The first-order chi connectivity index (χ1) is 3.66. The van der Waals surface area contributed by atoms with Crippen molar-refractivity contribution in [2.75, 3.05) is 0 Å². The predicted octanol–water partition coefficient (Wildman–Crippen LogP) is 1.44. The van der Waals surface area contributed by atoms with E-state index in [1.165, 1.54) is 0 Å². The molecule has 0 saturated heterocycles. The Hall–Kier alpha value is -0.0900. The largest absolute Gasteiger partial charge is 0.385 e. The minimum Gasteiger partial charge on any atom is -0.385 e. The maximum atomic E-state index is 12.1. The van der Waals surface area contributed by atoms with E-state index >= 15 is 0 Å². The van der Waals surface area contributed by atoms with E-state index in [2.05, 4.69) is 18.8 Å². The Morgan fingerprint density at radius 3 is 2.62 bits per heavy atom. The summed E-state index contributed by atoms with van der Waals surface area (Å²) in [7, 11) is 0. The normalized spacial score (nSPS) is 12.6. The molecule has 2 N–H and O–H groups in total. The lowest BCUT2D eigenvalue weighted by Crippen LogP contribution is -2.05. The maximum absolute atomic E-state index is 12.1. The molecule has 0 aromatic heterocycles. The SMILES string of the molecule is C=CC(F)SC(N)=S. The standard InChI is InChI=1S/C4H6FNS2/c1-2-3(5)8-4(6)7/h2-3H,1H2,(H2,6,7). The Labute approximate surface area is 57.1 Å². The van der Waals surface area contributed by atoms with Gasteiger partial charge in [-0.1, -0.05) is 30.6 Å². The number of alkyl halides is 1. The van der Waals surface area contributed by atoms with E-state index in [-0.39, 0.29) is 4.32 Å². The second-order valence-electron chi connectivity index (χ2n) is 1.02. The third-order valence-electron chi connectivity index (χ3n) is 0.414. The van der Waals surface area contributed by atoms with Crippen molar-refractivity contribution in [1.29, 1.82) is 0 Å². The van der Waals surface area contributed by atoms with Crippen LogP contribution in [0.4, 0.5) is 4.39 Å². The van der Waals surface area contributed by atoms with Crippen LogP contribution in [0.5, 0.6) is 0 Å². The highest BCUT2D eigenvalue weighted by Gasteiger charge is 2.00. The van der Waals surface area contributed by atoms with Gasteiger partial charge >= 0.3 is 0 Å². The van der Waals surface area contributed by atoms with Crippen molar-refractivity contribution in [3.05, 3.63) is 12.7 Å². The molecule has 8 heavy (non-hydrogen) atoms. The Morgan fingerprint density at radius 1 is 2.00 bits per heavy atom. The van der Waals surface area contributed by atoms with E-state index in [4.69, 9.17) is 5.73 Å². The van der Waals surface area contributed by atoms with E-state index in [1.807, 2.05) is 0 Å². The van der Waals surface area contributed by atoms with Crippen LogP contribution in [0.3, 0.4) is 0 Å². The predicted molar refractivity (Wildman–Crippen MR) is 39.5 cm³/mol. The summed E-state index contributed by atoms with van der Waals surface area (Å²) in [6, 6.07) is 0. The van der Waals surface area contributed by atoms with Gasteiger partial charge in [0, 0.05) is 0 Å². The van der Waals surface area contributed by atoms with Crippen molar-refractivity contribution in [2.24, 2.45) is 5.73 Å². The van der Waals surface area contributed by atoms with Crippen LogP contribution in [0.1, 0.15) is 0 Å². The van der Waals surface area contributed by atoms with Gasteiger partial charge in [-0.2, -0.15) is 0 Å². The first-order valence-corrected chi connectivity index (χ1v) is 3.18. The number of thiocarbonyl (C=S) groups is 1. The van der Waals surface area contributed by atoms with Crippen molar-refractivity contribution < 1.29 is 4.39 Å². The fourth-order valence-corrected chi connectivity index (χ4v) is 0.753. The molecule has 0 fully saturated rings. The van der Waals surface area contributed by atoms with Crippen LogP contribution in [-0.4, -0.2) is 9.82 Å². The molecule has 46 valence electrons. The van der Waals surface area contributed by atoms with Crippen molar-refractivity contribution in [3.8, 4) is 0 Å². The van der Waals surface area contributed by atoms with Crippen LogP contribution in [0.2, 0.25) is 0 Å². The summed E-state index contributed by atoms with van der Waals surface area (Å²) < 4.78 is 12.2. The molecule has 0 saturated carbocycles. The number of hydrogen-bond acceptors (Lipinski definition) is 2. The highest BCUT2D eigenvalue weighted by atomic mass is 32.2. The highest BCUT2D eigenvalue weighted by molar-refractivity contribution is 8.23. The molecule has 0 aliphatic heterocycles. The van der Waals surface area contributed by atoms with Crippen molar-refractivity contribution >= 4 is 28.3 Å². The molecular formula is C4H6FNS2. The topological polar surface area (TPSA) is 26.0 Å². The van der Waals surface area contributed by atoms with Crippen LogP contribution in [-0.2, 0) is 0 Å². The van der Waals surface area contributed by atoms with Crippen molar-refractivity contribution in [2.45, 2.75) is 5.50 Å². The summed E-state index contributed by atoms with van der Waals surface area (Å²) in [5.41, 5.74) is 3.82. The van der Waals surface area contributed by atoms with Gasteiger partial charge in [0.25, 0.3) is 0 Å². The van der Waals surface area contributed by atoms with E-state index in [1.54, 1.807) is 0 Å². The number of rotatable bonds is 2. The Balaban J connectivity index is 3.38. The molecule has 4 heteroatoms. The molecule has 0 heterocycles. The monoisotopic (exact) mass is 151 g/mol. The zero-order valence-electron chi connectivity index (χ0n) is 4.13. The highest BCUT2D eigenvalue weighted by Crippen LogP contribution is 2.11. The smallest absolute Gasteiger partial charge is 0.170 e. The average molecular weight is 151 g/mol. The van der Waals surface area contributed by atoms with Crippen molar-refractivity contribution in [3.63, 3.8) is 0 Å². The quantitative estimate of drug-likeness (QED) is 0.478. The molecule has 0 bridgehead atoms. The lowest BCUT2D eigenvalue weighted by molar-refractivity contribution is 0.523. The van der Waals surface area contributed by atoms with Gasteiger partial charge in [0.15, 0.2) is 5.50 Å². The maximum Gasteiger partial charge on any atom is 0.170 e. The zero-order valence-corrected chi connectivity index (χ0v) is 5.77. The minimum absolute atomic E-state index is 0.109. The number of nitrogens with two attached hydrogens (primary N) is 1. The molecule has 1 atom stereocenters. The number of hydrogen-bond donors (Lipinski definition) is 1. The summed E-state index contributed by atoms with van der Waals surface area (Å²) in [4.78, 5) is 0. The molecule has 0 amide bonds. The molecular weight excluding hydrogens is 145 g/mol. The van der Waals surface area contributed by atoms with Gasteiger partial charge in [0.05, 0.1) is 0 Å². The fourth-order valence-electron chi connectivity index (χ4n) is 0.159. The average Bonchev–Trinajstić information content (AvgIpc) is 1.65. The molecule has 0 rings (SSSR count). The van der Waals surface area contributed by atoms with Gasteiger partial charge < -0.3 is 5.73 Å². The Morgan fingerprint density at radius 2 is 2.50 bits per heavy atom. The molecule has 0 aromatic rings. The van der Waals surface area contributed by atoms with E-state index in [9.17, 15) is 4.39 Å². The minimum atomic E-state index is -1.16. The molecule has 0 radical (unpaired) electrons. The summed E-state index contributed by atoms with van der Waals surface area (Å²) >= 11 is 5.17. The van der Waals surface area contributed by atoms with Gasteiger partial charge in [-0.05, 0) is 6.08 Å². The first-order valence-electron chi connectivity index (χ1n) is 1.89. The molecule has 0 spiro atoms. The summed E-state index contributed by atoms with van der Waals surface area (Å²) in [5.74, 6) is 0. The van der Waals surface area contributed by atoms with E-state index < -0.39 is 5.50 Å². The van der Waals surface area contributed by atoms with Crippen LogP contribution in [0, 0.1) is 0 Å². The van der Waals surface area contributed by atoms with Crippen molar-refractivity contribution in [1.82, 2.24) is 0 Å². The summed E-state index contributed by atoms with van der Waals surface area (Å²) in [5, 5.41) is 0. The van der Waals surface area contributed by atoms with Crippen LogP contribution in [0.15, 0.2) is 12.7 Å². The lowest BCUT2D eigenvalue weighted by atomic mass is 10.7.